The van der Waals surface area contributed by atoms with Crippen molar-refractivity contribution in [1.29, 1.82) is 0 Å². The summed E-state index contributed by atoms with van der Waals surface area (Å²) in [4.78, 5) is 16.0. The smallest absolute Gasteiger partial charge is 0.232 e. The van der Waals surface area contributed by atoms with Crippen LogP contribution in [0.15, 0.2) is 12.4 Å². The summed E-state index contributed by atoms with van der Waals surface area (Å²) in [5.74, 6) is 0.581. The maximum Gasteiger partial charge on any atom is 0.232 e. The topological polar surface area (TPSA) is 54.0 Å². The molecular weight excluding hydrogens is 306 g/mol. The molecule has 0 saturated carbocycles. The van der Waals surface area contributed by atoms with Crippen molar-refractivity contribution in [3.8, 4) is 5.88 Å². The van der Waals surface area contributed by atoms with Crippen LogP contribution < -0.4 is 4.74 Å². The summed E-state index contributed by atoms with van der Waals surface area (Å²) >= 11 is 0. The van der Waals surface area contributed by atoms with Gasteiger partial charge in [-0.25, -0.2) is 4.98 Å². The zero-order chi connectivity index (χ0) is 16.9. The minimum atomic E-state index is 0.340. The van der Waals surface area contributed by atoms with Crippen LogP contribution in [-0.4, -0.2) is 96.8 Å². The molecular formula is C17H29N5O2. The van der Waals surface area contributed by atoms with Crippen molar-refractivity contribution < 1.29 is 9.47 Å². The molecule has 0 spiro atoms. The van der Waals surface area contributed by atoms with Gasteiger partial charge in [-0.15, -0.1) is 0 Å². The molecule has 2 unspecified atom stereocenters. The number of likely N-dealkylation sites (N-methyl/N-ethyl adjacent to an activating group) is 1. The second kappa shape index (κ2) is 8.20. The van der Waals surface area contributed by atoms with Gasteiger partial charge in [0.05, 0.1) is 31.7 Å². The first-order chi connectivity index (χ1) is 11.6. The van der Waals surface area contributed by atoms with Crippen molar-refractivity contribution in [2.75, 3.05) is 60.0 Å². The molecule has 2 aliphatic rings. The molecule has 2 aliphatic heterocycles. The van der Waals surface area contributed by atoms with E-state index in [1.54, 1.807) is 13.3 Å². The maximum atomic E-state index is 5.91. The fourth-order valence-corrected chi connectivity index (χ4v) is 3.51. The minimum Gasteiger partial charge on any atom is -0.480 e. The lowest BCUT2D eigenvalue weighted by molar-refractivity contribution is -0.0459. The van der Waals surface area contributed by atoms with Crippen molar-refractivity contribution in [1.82, 2.24) is 24.7 Å². The number of methoxy groups -OCH3 is 1. The van der Waals surface area contributed by atoms with Gasteiger partial charge in [-0.05, 0) is 14.0 Å². The third-order valence-corrected chi connectivity index (χ3v) is 4.89. The molecule has 2 saturated heterocycles. The average Bonchev–Trinajstić information content (AvgIpc) is 2.58. The predicted molar refractivity (Wildman–Crippen MR) is 92.1 cm³/mol. The van der Waals surface area contributed by atoms with Crippen molar-refractivity contribution >= 4 is 0 Å². The SMILES string of the molecule is COc1cncc(CN2CCN(CC3CN(C)CCO3)CC2C)n1. The number of hydrogen-bond donors (Lipinski definition) is 0. The van der Waals surface area contributed by atoms with Crippen LogP contribution >= 0.6 is 0 Å². The average molecular weight is 335 g/mol. The molecule has 24 heavy (non-hydrogen) atoms. The summed E-state index contributed by atoms with van der Waals surface area (Å²) in [5, 5.41) is 0. The molecule has 3 rings (SSSR count). The first-order valence-corrected chi connectivity index (χ1v) is 8.75. The van der Waals surface area contributed by atoms with Gasteiger partial charge >= 0.3 is 0 Å². The molecule has 0 N–H and O–H groups in total. The summed E-state index contributed by atoms with van der Waals surface area (Å²) in [6.07, 6.45) is 3.81. The van der Waals surface area contributed by atoms with Gasteiger partial charge in [-0.1, -0.05) is 0 Å². The molecule has 2 atom stereocenters. The van der Waals surface area contributed by atoms with Crippen molar-refractivity contribution in [2.24, 2.45) is 0 Å². The van der Waals surface area contributed by atoms with Crippen LogP contribution in [-0.2, 0) is 11.3 Å². The van der Waals surface area contributed by atoms with E-state index in [9.17, 15) is 0 Å². The number of aromatic nitrogens is 2. The molecule has 134 valence electrons. The number of nitrogens with zero attached hydrogens (tertiary/aromatic N) is 5. The third kappa shape index (κ3) is 4.63. The Bertz CT molecular complexity index is 529. The van der Waals surface area contributed by atoms with E-state index in [1.807, 2.05) is 6.20 Å². The summed E-state index contributed by atoms with van der Waals surface area (Å²) in [6, 6.07) is 0.494. The molecule has 2 fully saturated rings. The number of ether oxygens (including phenoxy) is 2. The number of rotatable bonds is 5. The highest BCUT2D eigenvalue weighted by Crippen LogP contribution is 2.15. The Hall–Kier alpha value is -1.28. The Labute approximate surface area is 144 Å². The van der Waals surface area contributed by atoms with E-state index >= 15 is 0 Å². The monoisotopic (exact) mass is 335 g/mol. The number of morpholine rings is 1. The Morgan fingerprint density at radius 2 is 2.12 bits per heavy atom. The lowest BCUT2D eigenvalue weighted by Gasteiger charge is -2.42. The van der Waals surface area contributed by atoms with Gasteiger partial charge in [0.1, 0.15) is 0 Å². The highest BCUT2D eigenvalue weighted by molar-refractivity contribution is 5.08. The zero-order valence-electron chi connectivity index (χ0n) is 15.0. The number of piperazine rings is 1. The molecule has 7 nitrogen and oxygen atoms in total. The quantitative estimate of drug-likeness (QED) is 0.768. The molecule has 1 aromatic rings. The molecule has 0 bridgehead atoms. The fraction of sp³-hybridized carbons (Fsp3) is 0.765. The standard InChI is InChI=1S/C17H29N5O2/c1-14-10-21(13-16-12-20(2)6-7-24-16)4-5-22(14)11-15-8-18-9-17(19-15)23-3/h8-9,14,16H,4-7,10-13H2,1-3H3. The first-order valence-electron chi connectivity index (χ1n) is 8.75. The molecule has 1 aromatic heterocycles. The Kier molecular flexibility index (Phi) is 5.99. The van der Waals surface area contributed by atoms with Crippen LogP contribution in [0, 0.1) is 0 Å². The summed E-state index contributed by atoms with van der Waals surface area (Å²) < 4.78 is 11.1. The van der Waals surface area contributed by atoms with Gasteiger partial charge in [0.15, 0.2) is 0 Å². The largest absolute Gasteiger partial charge is 0.480 e. The first kappa shape index (κ1) is 17.5. The van der Waals surface area contributed by atoms with Crippen LogP contribution in [0.25, 0.3) is 0 Å². The van der Waals surface area contributed by atoms with E-state index in [2.05, 4.69) is 38.6 Å². The van der Waals surface area contributed by atoms with E-state index in [-0.39, 0.29) is 0 Å². The predicted octanol–water partition coefficient (Wildman–Crippen LogP) is 0.322. The van der Waals surface area contributed by atoms with E-state index in [0.717, 1.165) is 58.1 Å². The molecule has 0 aromatic carbocycles. The van der Waals surface area contributed by atoms with Crippen LogP contribution in [0.5, 0.6) is 5.88 Å². The highest BCUT2D eigenvalue weighted by Gasteiger charge is 2.27. The molecule has 0 aliphatic carbocycles. The summed E-state index contributed by atoms with van der Waals surface area (Å²) in [7, 11) is 3.80. The van der Waals surface area contributed by atoms with Gasteiger partial charge < -0.3 is 14.4 Å². The Balaban J connectivity index is 1.49. The van der Waals surface area contributed by atoms with E-state index < -0.39 is 0 Å². The number of hydrogen-bond acceptors (Lipinski definition) is 7. The maximum absolute atomic E-state index is 5.91. The van der Waals surface area contributed by atoms with Crippen molar-refractivity contribution in [3.05, 3.63) is 18.1 Å². The van der Waals surface area contributed by atoms with E-state index in [0.29, 0.717) is 18.0 Å². The van der Waals surface area contributed by atoms with Gasteiger partial charge in [0.2, 0.25) is 5.88 Å². The van der Waals surface area contributed by atoms with Gasteiger partial charge in [0, 0.05) is 58.1 Å². The third-order valence-electron chi connectivity index (χ3n) is 4.89. The Morgan fingerprint density at radius 3 is 2.88 bits per heavy atom. The lowest BCUT2D eigenvalue weighted by atomic mass is 10.1. The lowest BCUT2D eigenvalue weighted by Crippen LogP contribution is -2.55. The van der Waals surface area contributed by atoms with E-state index in [4.69, 9.17) is 9.47 Å². The van der Waals surface area contributed by atoms with Gasteiger partial charge in [-0.3, -0.25) is 14.8 Å². The summed E-state index contributed by atoms with van der Waals surface area (Å²) in [6.45, 7) is 10.3. The van der Waals surface area contributed by atoms with E-state index in [1.165, 1.54) is 0 Å². The molecule has 3 heterocycles. The van der Waals surface area contributed by atoms with Gasteiger partial charge in [-0.2, -0.15) is 0 Å². The highest BCUT2D eigenvalue weighted by atomic mass is 16.5. The van der Waals surface area contributed by atoms with Crippen molar-refractivity contribution in [3.63, 3.8) is 0 Å². The van der Waals surface area contributed by atoms with Crippen LogP contribution in [0.4, 0.5) is 0 Å². The minimum absolute atomic E-state index is 0.340. The second-order valence-electron chi connectivity index (χ2n) is 6.89. The normalized spacial score (nSPS) is 27.3. The van der Waals surface area contributed by atoms with Crippen molar-refractivity contribution in [2.45, 2.75) is 25.6 Å². The van der Waals surface area contributed by atoms with Gasteiger partial charge in [0.25, 0.3) is 0 Å². The summed E-state index contributed by atoms with van der Waals surface area (Å²) in [5.41, 5.74) is 0.965. The fourth-order valence-electron chi connectivity index (χ4n) is 3.51. The van der Waals surface area contributed by atoms with Crippen LogP contribution in [0.2, 0.25) is 0 Å². The van der Waals surface area contributed by atoms with Crippen LogP contribution in [0.3, 0.4) is 0 Å². The zero-order valence-corrected chi connectivity index (χ0v) is 15.0. The molecule has 0 radical (unpaired) electrons. The molecule has 0 amide bonds. The Morgan fingerprint density at radius 1 is 1.25 bits per heavy atom. The second-order valence-corrected chi connectivity index (χ2v) is 6.89. The molecule has 7 heteroatoms. The van der Waals surface area contributed by atoms with Crippen LogP contribution in [0.1, 0.15) is 12.6 Å².